The summed E-state index contributed by atoms with van der Waals surface area (Å²) in [6.45, 7) is 6.00. The SMILES string of the molecule is C[C@@H]1CCCN(CC[C@H](N)c2ccccc2)C1. The monoisotopic (exact) mass is 232 g/mol. The zero-order valence-electron chi connectivity index (χ0n) is 10.8. The molecule has 1 fully saturated rings. The van der Waals surface area contributed by atoms with Crippen LogP contribution < -0.4 is 5.73 Å². The molecule has 0 spiro atoms. The lowest BCUT2D eigenvalue weighted by Gasteiger charge is -2.31. The number of benzene rings is 1. The van der Waals surface area contributed by atoms with Gasteiger partial charge in [-0.15, -0.1) is 0 Å². The summed E-state index contributed by atoms with van der Waals surface area (Å²) >= 11 is 0. The topological polar surface area (TPSA) is 29.3 Å². The predicted molar refractivity (Wildman–Crippen MR) is 72.8 cm³/mol. The van der Waals surface area contributed by atoms with Gasteiger partial charge in [0.2, 0.25) is 0 Å². The van der Waals surface area contributed by atoms with Crippen LogP contribution in [0.4, 0.5) is 0 Å². The van der Waals surface area contributed by atoms with Gasteiger partial charge in [-0.3, -0.25) is 0 Å². The third-order valence-electron chi connectivity index (χ3n) is 3.73. The zero-order valence-corrected chi connectivity index (χ0v) is 10.8. The lowest BCUT2D eigenvalue weighted by Crippen LogP contribution is -2.36. The minimum atomic E-state index is 0.188. The fraction of sp³-hybridized carbons (Fsp3) is 0.600. The number of nitrogens with two attached hydrogens (primary N) is 1. The predicted octanol–water partition coefficient (Wildman–Crippen LogP) is 2.81. The molecule has 0 radical (unpaired) electrons. The highest BCUT2D eigenvalue weighted by molar-refractivity contribution is 5.18. The normalized spacial score (nSPS) is 23.5. The largest absolute Gasteiger partial charge is 0.324 e. The van der Waals surface area contributed by atoms with E-state index in [-0.39, 0.29) is 6.04 Å². The van der Waals surface area contributed by atoms with Crippen molar-refractivity contribution in [1.82, 2.24) is 4.90 Å². The summed E-state index contributed by atoms with van der Waals surface area (Å²) in [4.78, 5) is 2.57. The molecule has 1 heterocycles. The van der Waals surface area contributed by atoms with E-state index in [0.29, 0.717) is 0 Å². The molecule has 2 heteroatoms. The van der Waals surface area contributed by atoms with Crippen LogP contribution in [-0.2, 0) is 0 Å². The maximum atomic E-state index is 6.22. The van der Waals surface area contributed by atoms with Gasteiger partial charge in [0.05, 0.1) is 0 Å². The smallest absolute Gasteiger partial charge is 0.0307 e. The van der Waals surface area contributed by atoms with Gasteiger partial charge in [0.25, 0.3) is 0 Å². The first kappa shape index (κ1) is 12.6. The van der Waals surface area contributed by atoms with Crippen molar-refractivity contribution >= 4 is 0 Å². The van der Waals surface area contributed by atoms with Crippen molar-refractivity contribution in [3.05, 3.63) is 35.9 Å². The molecule has 1 saturated heterocycles. The van der Waals surface area contributed by atoms with Crippen molar-refractivity contribution in [1.29, 1.82) is 0 Å². The van der Waals surface area contributed by atoms with Crippen molar-refractivity contribution in [2.45, 2.75) is 32.2 Å². The molecule has 1 aromatic rings. The van der Waals surface area contributed by atoms with E-state index in [1.807, 2.05) is 6.07 Å². The number of hydrogen-bond acceptors (Lipinski definition) is 2. The maximum Gasteiger partial charge on any atom is 0.0307 e. The molecule has 2 nitrogen and oxygen atoms in total. The van der Waals surface area contributed by atoms with Crippen LogP contribution in [0.2, 0.25) is 0 Å². The molecular weight excluding hydrogens is 208 g/mol. The number of rotatable bonds is 4. The van der Waals surface area contributed by atoms with Crippen LogP contribution in [0.1, 0.15) is 37.8 Å². The Morgan fingerprint density at radius 2 is 2.12 bits per heavy atom. The van der Waals surface area contributed by atoms with Crippen LogP contribution in [-0.4, -0.2) is 24.5 Å². The van der Waals surface area contributed by atoms with E-state index < -0.39 is 0 Å². The first-order valence-corrected chi connectivity index (χ1v) is 6.78. The number of likely N-dealkylation sites (tertiary alicyclic amines) is 1. The molecular formula is C15H24N2. The standard InChI is InChI=1S/C15H24N2/c1-13-6-5-10-17(12-13)11-9-15(16)14-7-3-2-4-8-14/h2-4,7-8,13,15H,5-6,9-12,16H2,1H3/t13-,15+/m1/s1. The molecule has 2 N–H and O–H groups in total. The highest BCUT2D eigenvalue weighted by atomic mass is 15.1. The summed E-state index contributed by atoms with van der Waals surface area (Å²) in [6.07, 6.45) is 3.81. The third-order valence-corrected chi connectivity index (χ3v) is 3.73. The average Bonchev–Trinajstić information content (AvgIpc) is 2.37. The van der Waals surface area contributed by atoms with E-state index in [9.17, 15) is 0 Å². The number of nitrogens with zero attached hydrogens (tertiary/aromatic N) is 1. The van der Waals surface area contributed by atoms with E-state index in [4.69, 9.17) is 5.73 Å². The quantitative estimate of drug-likeness (QED) is 0.865. The van der Waals surface area contributed by atoms with Gasteiger partial charge in [0.1, 0.15) is 0 Å². The molecule has 0 aromatic heterocycles. The zero-order chi connectivity index (χ0) is 12.1. The summed E-state index contributed by atoms with van der Waals surface area (Å²) in [6, 6.07) is 10.6. The number of piperidine rings is 1. The molecule has 0 aliphatic carbocycles. The van der Waals surface area contributed by atoms with Gasteiger partial charge in [-0.1, -0.05) is 37.3 Å². The molecule has 1 aliphatic heterocycles. The van der Waals surface area contributed by atoms with Crippen LogP contribution in [0.15, 0.2) is 30.3 Å². The molecule has 1 aliphatic rings. The Bertz CT molecular complexity index is 323. The Kier molecular flexibility index (Phi) is 4.57. The van der Waals surface area contributed by atoms with Crippen molar-refractivity contribution in [3.8, 4) is 0 Å². The molecule has 2 rings (SSSR count). The summed E-state index contributed by atoms with van der Waals surface area (Å²) in [5.74, 6) is 0.858. The van der Waals surface area contributed by atoms with Gasteiger partial charge in [-0.25, -0.2) is 0 Å². The fourth-order valence-corrected chi connectivity index (χ4v) is 2.68. The van der Waals surface area contributed by atoms with E-state index in [2.05, 4.69) is 36.1 Å². The molecule has 1 aromatic carbocycles. The molecule has 2 atom stereocenters. The van der Waals surface area contributed by atoms with E-state index in [0.717, 1.165) is 18.9 Å². The van der Waals surface area contributed by atoms with Gasteiger partial charge < -0.3 is 10.6 Å². The Labute approximate surface area is 105 Å². The van der Waals surface area contributed by atoms with Gasteiger partial charge in [-0.05, 0) is 43.8 Å². The summed E-state index contributed by atoms with van der Waals surface area (Å²) in [5.41, 5.74) is 7.48. The minimum absolute atomic E-state index is 0.188. The first-order chi connectivity index (χ1) is 8.25. The van der Waals surface area contributed by atoms with Crippen LogP contribution in [0.5, 0.6) is 0 Å². The Morgan fingerprint density at radius 3 is 2.82 bits per heavy atom. The number of hydrogen-bond donors (Lipinski definition) is 1. The minimum Gasteiger partial charge on any atom is -0.324 e. The van der Waals surface area contributed by atoms with Crippen molar-refractivity contribution in [2.24, 2.45) is 11.7 Å². The van der Waals surface area contributed by atoms with Crippen LogP contribution in [0, 0.1) is 5.92 Å². The van der Waals surface area contributed by atoms with Gasteiger partial charge in [0.15, 0.2) is 0 Å². The van der Waals surface area contributed by atoms with Gasteiger partial charge in [0, 0.05) is 12.6 Å². The van der Waals surface area contributed by atoms with E-state index >= 15 is 0 Å². The molecule has 0 saturated carbocycles. The van der Waals surface area contributed by atoms with Crippen molar-refractivity contribution < 1.29 is 0 Å². The average molecular weight is 232 g/mol. The Balaban J connectivity index is 1.78. The third kappa shape index (κ3) is 3.83. The maximum absolute atomic E-state index is 6.22. The fourth-order valence-electron chi connectivity index (χ4n) is 2.68. The highest BCUT2D eigenvalue weighted by Crippen LogP contribution is 2.18. The van der Waals surface area contributed by atoms with Crippen LogP contribution in [0.25, 0.3) is 0 Å². The lowest BCUT2D eigenvalue weighted by atomic mass is 9.99. The van der Waals surface area contributed by atoms with Crippen LogP contribution >= 0.6 is 0 Å². The van der Waals surface area contributed by atoms with Crippen LogP contribution in [0.3, 0.4) is 0 Å². The second kappa shape index (κ2) is 6.18. The van der Waals surface area contributed by atoms with Crippen molar-refractivity contribution in [2.75, 3.05) is 19.6 Å². The summed E-state index contributed by atoms with van der Waals surface area (Å²) in [7, 11) is 0. The lowest BCUT2D eigenvalue weighted by molar-refractivity contribution is 0.178. The summed E-state index contributed by atoms with van der Waals surface area (Å²) in [5, 5.41) is 0. The molecule has 17 heavy (non-hydrogen) atoms. The summed E-state index contributed by atoms with van der Waals surface area (Å²) < 4.78 is 0. The highest BCUT2D eigenvalue weighted by Gasteiger charge is 2.16. The molecule has 0 amide bonds. The van der Waals surface area contributed by atoms with E-state index in [1.54, 1.807) is 0 Å². The van der Waals surface area contributed by atoms with Gasteiger partial charge >= 0.3 is 0 Å². The second-order valence-corrected chi connectivity index (χ2v) is 5.35. The molecule has 0 unspecified atom stereocenters. The van der Waals surface area contributed by atoms with Gasteiger partial charge in [-0.2, -0.15) is 0 Å². The van der Waals surface area contributed by atoms with Crippen molar-refractivity contribution in [3.63, 3.8) is 0 Å². The Morgan fingerprint density at radius 1 is 1.35 bits per heavy atom. The molecule has 0 bridgehead atoms. The first-order valence-electron chi connectivity index (χ1n) is 6.78. The van der Waals surface area contributed by atoms with E-state index in [1.165, 1.54) is 31.5 Å². The Hall–Kier alpha value is -0.860. The second-order valence-electron chi connectivity index (χ2n) is 5.35. The molecule has 94 valence electrons.